The number of carbonyl (C=O) groups excluding carboxylic acids is 1. The van der Waals surface area contributed by atoms with Crippen molar-refractivity contribution in [3.63, 3.8) is 0 Å². The zero-order chi connectivity index (χ0) is 15.6. The lowest BCUT2D eigenvalue weighted by Crippen LogP contribution is -2.17. The second-order valence-corrected chi connectivity index (χ2v) is 6.35. The standard InChI is InChI=1S/C17H17ClFNO/c1-17(2,3)11-7-8-15(19)14(9-11)16(21)20-13-6-4-5-12(18)10-13/h4-10H,1-3H3,(H,20,21). The van der Waals surface area contributed by atoms with Gasteiger partial charge in [0, 0.05) is 10.7 Å². The molecule has 4 heteroatoms. The predicted molar refractivity (Wildman–Crippen MR) is 84.5 cm³/mol. The summed E-state index contributed by atoms with van der Waals surface area (Å²) < 4.78 is 13.9. The molecule has 0 aromatic heterocycles. The van der Waals surface area contributed by atoms with E-state index < -0.39 is 11.7 Å². The van der Waals surface area contributed by atoms with E-state index in [0.29, 0.717) is 10.7 Å². The van der Waals surface area contributed by atoms with Gasteiger partial charge in [0.1, 0.15) is 5.82 Å². The van der Waals surface area contributed by atoms with Gasteiger partial charge in [-0.2, -0.15) is 0 Å². The number of hydrogen-bond donors (Lipinski definition) is 1. The minimum absolute atomic E-state index is 0.0300. The molecule has 0 aliphatic heterocycles. The van der Waals surface area contributed by atoms with Crippen molar-refractivity contribution in [2.24, 2.45) is 0 Å². The van der Waals surface area contributed by atoms with Crippen LogP contribution in [0.4, 0.5) is 10.1 Å². The molecule has 0 saturated heterocycles. The minimum atomic E-state index is -0.539. The van der Waals surface area contributed by atoms with Crippen molar-refractivity contribution in [2.75, 3.05) is 5.32 Å². The Hall–Kier alpha value is -1.87. The van der Waals surface area contributed by atoms with Crippen molar-refractivity contribution >= 4 is 23.2 Å². The van der Waals surface area contributed by atoms with Crippen molar-refractivity contribution < 1.29 is 9.18 Å². The average Bonchev–Trinajstić information content (AvgIpc) is 2.37. The summed E-state index contributed by atoms with van der Waals surface area (Å²) in [6.45, 7) is 6.04. The van der Waals surface area contributed by atoms with E-state index in [1.807, 2.05) is 20.8 Å². The number of carbonyl (C=O) groups is 1. The van der Waals surface area contributed by atoms with Crippen molar-refractivity contribution in [3.05, 3.63) is 64.4 Å². The summed E-state index contributed by atoms with van der Waals surface area (Å²) in [7, 11) is 0. The molecule has 0 unspecified atom stereocenters. The van der Waals surface area contributed by atoms with Gasteiger partial charge in [-0.15, -0.1) is 0 Å². The van der Waals surface area contributed by atoms with Gasteiger partial charge in [0.2, 0.25) is 0 Å². The number of amides is 1. The van der Waals surface area contributed by atoms with Crippen LogP contribution in [0.1, 0.15) is 36.7 Å². The first-order valence-electron chi connectivity index (χ1n) is 6.64. The number of rotatable bonds is 2. The summed E-state index contributed by atoms with van der Waals surface area (Å²) in [6, 6.07) is 11.4. The van der Waals surface area contributed by atoms with E-state index in [0.717, 1.165) is 5.56 Å². The van der Waals surface area contributed by atoms with E-state index in [2.05, 4.69) is 5.32 Å². The highest BCUT2D eigenvalue weighted by molar-refractivity contribution is 6.30. The molecular formula is C17H17ClFNO. The fourth-order valence-corrected chi connectivity index (χ4v) is 2.12. The zero-order valence-corrected chi connectivity index (χ0v) is 13.0. The Morgan fingerprint density at radius 3 is 2.48 bits per heavy atom. The minimum Gasteiger partial charge on any atom is -0.322 e. The van der Waals surface area contributed by atoms with Gasteiger partial charge < -0.3 is 5.32 Å². The molecule has 2 nitrogen and oxygen atoms in total. The van der Waals surface area contributed by atoms with Crippen LogP contribution in [-0.2, 0) is 5.41 Å². The topological polar surface area (TPSA) is 29.1 Å². The summed E-state index contributed by atoms with van der Waals surface area (Å²) in [5.74, 6) is -1.02. The quantitative estimate of drug-likeness (QED) is 0.828. The molecule has 2 aromatic rings. The Balaban J connectivity index is 2.31. The maximum atomic E-state index is 13.9. The van der Waals surface area contributed by atoms with E-state index in [9.17, 15) is 9.18 Å². The molecular weight excluding hydrogens is 289 g/mol. The van der Waals surface area contributed by atoms with Gasteiger partial charge in [-0.1, -0.05) is 44.5 Å². The van der Waals surface area contributed by atoms with Crippen LogP contribution in [0.15, 0.2) is 42.5 Å². The monoisotopic (exact) mass is 305 g/mol. The molecule has 0 heterocycles. The lowest BCUT2D eigenvalue weighted by atomic mass is 9.86. The van der Waals surface area contributed by atoms with Crippen LogP contribution in [0.25, 0.3) is 0 Å². The first-order valence-corrected chi connectivity index (χ1v) is 7.02. The summed E-state index contributed by atoms with van der Waals surface area (Å²) in [4.78, 5) is 12.2. The van der Waals surface area contributed by atoms with Gasteiger partial charge in [-0.05, 0) is 41.3 Å². The molecule has 1 N–H and O–H groups in total. The van der Waals surface area contributed by atoms with Gasteiger partial charge in [-0.3, -0.25) is 4.79 Å². The summed E-state index contributed by atoms with van der Waals surface area (Å²) >= 11 is 5.87. The maximum Gasteiger partial charge on any atom is 0.258 e. The van der Waals surface area contributed by atoms with Crippen molar-refractivity contribution in [1.29, 1.82) is 0 Å². The molecule has 0 bridgehead atoms. The lowest BCUT2D eigenvalue weighted by molar-refractivity contribution is 0.102. The van der Waals surface area contributed by atoms with E-state index in [1.54, 1.807) is 36.4 Å². The first-order chi connectivity index (χ1) is 9.77. The van der Waals surface area contributed by atoms with Gasteiger partial charge in [0.15, 0.2) is 0 Å². The second kappa shape index (κ2) is 5.86. The zero-order valence-electron chi connectivity index (χ0n) is 12.2. The number of halogens is 2. The molecule has 110 valence electrons. The van der Waals surface area contributed by atoms with Gasteiger partial charge in [0.25, 0.3) is 5.91 Å². The number of anilines is 1. The van der Waals surface area contributed by atoms with Crippen LogP contribution in [0.3, 0.4) is 0 Å². The Labute approximate surface area is 128 Å². The van der Waals surface area contributed by atoms with E-state index >= 15 is 0 Å². The number of nitrogens with one attached hydrogen (secondary N) is 1. The summed E-state index contributed by atoms with van der Waals surface area (Å²) in [5.41, 5.74) is 1.31. The number of hydrogen-bond acceptors (Lipinski definition) is 1. The number of benzene rings is 2. The third kappa shape index (κ3) is 3.82. The first kappa shape index (κ1) is 15.5. The molecule has 0 fully saturated rings. The SMILES string of the molecule is CC(C)(C)c1ccc(F)c(C(=O)Nc2cccc(Cl)c2)c1. The fraction of sp³-hybridized carbons (Fsp3) is 0.235. The highest BCUT2D eigenvalue weighted by atomic mass is 35.5. The van der Waals surface area contributed by atoms with Gasteiger partial charge in [-0.25, -0.2) is 4.39 Å². The average molecular weight is 306 g/mol. The highest BCUT2D eigenvalue weighted by Gasteiger charge is 2.19. The Morgan fingerprint density at radius 2 is 1.86 bits per heavy atom. The van der Waals surface area contributed by atoms with Crippen LogP contribution in [-0.4, -0.2) is 5.91 Å². The highest BCUT2D eigenvalue weighted by Crippen LogP contribution is 2.25. The molecule has 1 amide bonds. The van der Waals surface area contributed by atoms with E-state index in [1.165, 1.54) is 6.07 Å². The van der Waals surface area contributed by atoms with E-state index in [-0.39, 0.29) is 11.0 Å². The molecule has 2 rings (SSSR count). The fourth-order valence-electron chi connectivity index (χ4n) is 1.93. The maximum absolute atomic E-state index is 13.9. The smallest absolute Gasteiger partial charge is 0.258 e. The Kier molecular flexibility index (Phi) is 4.33. The van der Waals surface area contributed by atoms with Crippen LogP contribution in [0, 0.1) is 5.82 Å². The molecule has 0 saturated carbocycles. The molecule has 21 heavy (non-hydrogen) atoms. The van der Waals surface area contributed by atoms with Crippen LogP contribution in [0.5, 0.6) is 0 Å². The van der Waals surface area contributed by atoms with Crippen molar-refractivity contribution in [1.82, 2.24) is 0 Å². The normalized spacial score (nSPS) is 11.3. The van der Waals surface area contributed by atoms with Crippen molar-refractivity contribution in [2.45, 2.75) is 26.2 Å². The molecule has 0 aliphatic carbocycles. The Morgan fingerprint density at radius 1 is 1.14 bits per heavy atom. The van der Waals surface area contributed by atoms with Gasteiger partial charge >= 0.3 is 0 Å². The summed E-state index contributed by atoms with van der Waals surface area (Å²) in [6.07, 6.45) is 0. The van der Waals surface area contributed by atoms with Crippen LogP contribution < -0.4 is 5.32 Å². The molecule has 0 aliphatic rings. The second-order valence-electron chi connectivity index (χ2n) is 5.91. The van der Waals surface area contributed by atoms with Crippen LogP contribution in [0.2, 0.25) is 5.02 Å². The molecule has 0 spiro atoms. The Bertz CT molecular complexity index is 677. The largest absolute Gasteiger partial charge is 0.322 e. The van der Waals surface area contributed by atoms with Crippen LogP contribution >= 0.6 is 11.6 Å². The molecule has 0 atom stereocenters. The molecule has 2 aromatic carbocycles. The summed E-state index contributed by atoms with van der Waals surface area (Å²) in [5, 5.41) is 3.17. The van der Waals surface area contributed by atoms with E-state index in [4.69, 9.17) is 11.6 Å². The van der Waals surface area contributed by atoms with Crippen molar-refractivity contribution in [3.8, 4) is 0 Å². The van der Waals surface area contributed by atoms with Gasteiger partial charge in [0.05, 0.1) is 5.56 Å². The molecule has 0 radical (unpaired) electrons. The third-order valence-electron chi connectivity index (χ3n) is 3.16. The third-order valence-corrected chi connectivity index (χ3v) is 3.39. The lowest BCUT2D eigenvalue weighted by Gasteiger charge is -2.20. The predicted octanol–water partition coefficient (Wildman–Crippen LogP) is 5.03.